The van der Waals surface area contributed by atoms with Crippen LogP contribution in [0.3, 0.4) is 0 Å². The Labute approximate surface area is 135 Å². The average molecular weight is 307 g/mol. The molecule has 1 aromatic heterocycles. The molecule has 0 radical (unpaired) electrons. The summed E-state index contributed by atoms with van der Waals surface area (Å²) in [5, 5.41) is 11.1. The first-order chi connectivity index (χ1) is 10.5. The molecule has 0 bridgehead atoms. The van der Waals surface area contributed by atoms with Gasteiger partial charge < -0.3 is 10.6 Å². The molecule has 0 aliphatic carbocycles. The molecule has 1 aromatic rings. The number of guanidine groups is 1. The predicted molar refractivity (Wildman–Crippen MR) is 94.2 cm³/mol. The lowest BCUT2D eigenvalue weighted by atomic mass is 10.0. The first-order valence-electron chi connectivity index (χ1n) is 8.55. The third-order valence-electron chi connectivity index (χ3n) is 3.51. The average Bonchev–Trinajstić information content (AvgIpc) is 2.84. The number of aryl methyl sites for hydroxylation is 1. The predicted octanol–water partition coefficient (Wildman–Crippen LogP) is 2.96. The van der Waals surface area contributed by atoms with Crippen LogP contribution in [0.4, 0.5) is 0 Å². The van der Waals surface area contributed by atoms with Gasteiger partial charge in [0, 0.05) is 18.8 Å². The number of nitrogens with one attached hydrogen (secondary N) is 2. The van der Waals surface area contributed by atoms with Crippen LogP contribution in [0.1, 0.15) is 52.5 Å². The topological polar surface area (TPSA) is 54.2 Å². The molecule has 5 nitrogen and oxygen atoms in total. The molecule has 0 saturated carbocycles. The van der Waals surface area contributed by atoms with Crippen LogP contribution in [0, 0.1) is 12.8 Å². The van der Waals surface area contributed by atoms with Crippen molar-refractivity contribution in [1.82, 2.24) is 20.4 Å². The van der Waals surface area contributed by atoms with E-state index < -0.39 is 0 Å². The Morgan fingerprint density at radius 3 is 2.68 bits per heavy atom. The van der Waals surface area contributed by atoms with Crippen LogP contribution >= 0.6 is 0 Å². The Kier molecular flexibility index (Phi) is 8.63. The molecule has 0 aliphatic rings. The number of aliphatic imine (C=N–C) groups is 1. The number of nitrogens with zero attached hydrogens (tertiary/aromatic N) is 3. The summed E-state index contributed by atoms with van der Waals surface area (Å²) < 4.78 is 1.94. The van der Waals surface area contributed by atoms with Gasteiger partial charge in [0.25, 0.3) is 0 Å². The van der Waals surface area contributed by atoms with Gasteiger partial charge in [-0.3, -0.25) is 9.67 Å². The first kappa shape index (κ1) is 18.5. The lowest BCUT2D eigenvalue weighted by Gasteiger charge is -2.18. The van der Waals surface area contributed by atoms with Crippen LogP contribution in [0.25, 0.3) is 0 Å². The van der Waals surface area contributed by atoms with Gasteiger partial charge in [0.05, 0.1) is 19.3 Å². The van der Waals surface area contributed by atoms with Gasteiger partial charge in [-0.05, 0) is 38.7 Å². The third-order valence-corrected chi connectivity index (χ3v) is 3.51. The normalized spacial score (nSPS) is 13.5. The maximum Gasteiger partial charge on any atom is 0.191 e. The lowest BCUT2D eigenvalue weighted by molar-refractivity contribution is 0.491. The van der Waals surface area contributed by atoms with Crippen LogP contribution in [0.15, 0.2) is 17.4 Å². The first-order valence-corrected chi connectivity index (χ1v) is 8.55. The summed E-state index contributed by atoms with van der Waals surface area (Å²) in [5.41, 5.74) is 1.19. The standard InChI is InChI=1S/C17H33N5/c1-6-18-17(21-16(5)9-7-8-14(2)3)19-10-11-22-13-15(4)12-20-22/h12-14,16H,6-11H2,1-5H3,(H2,18,19,21). The molecular formula is C17H33N5. The molecular weight excluding hydrogens is 274 g/mol. The second-order valence-corrected chi connectivity index (χ2v) is 6.41. The van der Waals surface area contributed by atoms with Gasteiger partial charge in [-0.1, -0.05) is 26.7 Å². The van der Waals surface area contributed by atoms with Gasteiger partial charge in [-0.15, -0.1) is 0 Å². The van der Waals surface area contributed by atoms with Gasteiger partial charge in [0.2, 0.25) is 0 Å². The van der Waals surface area contributed by atoms with E-state index in [1.807, 2.05) is 17.1 Å². The van der Waals surface area contributed by atoms with Crippen molar-refractivity contribution in [2.24, 2.45) is 10.9 Å². The molecule has 126 valence electrons. The van der Waals surface area contributed by atoms with Crippen LogP contribution in [0.5, 0.6) is 0 Å². The molecule has 0 fully saturated rings. The lowest BCUT2D eigenvalue weighted by Crippen LogP contribution is -2.42. The maximum absolute atomic E-state index is 4.63. The van der Waals surface area contributed by atoms with E-state index in [-0.39, 0.29) is 0 Å². The van der Waals surface area contributed by atoms with E-state index >= 15 is 0 Å². The van der Waals surface area contributed by atoms with Crippen LogP contribution in [-0.4, -0.2) is 34.9 Å². The van der Waals surface area contributed by atoms with Crippen molar-refractivity contribution >= 4 is 5.96 Å². The van der Waals surface area contributed by atoms with Crippen LogP contribution in [0.2, 0.25) is 0 Å². The third kappa shape index (κ3) is 8.05. The zero-order valence-electron chi connectivity index (χ0n) is 14.9. The molecule has 0 aromatic carbocycles. The Bertz CT molecular complexity index is 436. The Balaban J connectivity index is 2.37. The van der Waals surface area contributed by atoms with Gasteiger partial charge in [0.1, 0.15) is 0 Å². The summed E-state index contributed by atoms with van der Waals surface area (Å²) in [4.78, 5) is 4.63. The number of aromatic nitrogens is 2. The highest BCUT2D eigenvalue weighted by atomic mass is 15.3. The molecule has 0 amide bonds. The van der Waals surface area contributed by atoms with Crippen LogP contribution in [-0.2, 0) is 6.54 Å². The van der Waals surface area contributed by atoms with E-state index in [1.165, 1.54) is 24.8 Å². The van der Waals surface area contributed by atoms with Gasteiger partial charge in [-0.25, -0.2) is 0 Å². The smallest absolute Gasteiger partial charge is 0.191 e. The Morgan fingerprint density at radius 2 is 2.09 bits per heavy atom. The van der Waals surface area contributed by atoms with E-state index in [4.69, 9.17) is 0 Å². The minimum absolute atomic E-state index is 0.448. The van der Waals surface area contributed by atoms with E-state index in [0.29, 0.717) is 6.04 Å². The molecule has 0 spiro atoms. The quantitative estimate of drug-likeness (QED) is 0.545. The summed E-state index contributed by atoms with van der Waals surface area (Å²) in [6, 6.07) is 0.448. The molecule has 1 heterocycles. The molecule has 1 rings (SSSR count). The van der Waals surface area contributed by atoms with E-state index in [2.05, 4.69) is 55.3 Å². The van der Waals surface area contributed by atoms with Gasteiger partial charge in [0.15, 0.2) is 5.96 Å². The van der Waals surface area contributed by atoms with Crippen molar-refractivity contribution < 1.29 is 0 Å². The largest absolute Gasteiger partial charge is 0.357 e. The highest BCUT2D eigenvalue weighted by Gasteiger charge is 2.05. The second kappa shape index (κ2) is 10.2. The van der Waals surface area contributed by atoms with E-state index in [9.17, 15) is 0 Å². The fraction of sp³-hybridized carbons (Fsp3) is 0.765. The van der Waals surface area contributed by atoms with E-state index in [1.54, 1.807) is 0 Å². The number of rotatable bonds is 9. The van der Waals surface area contributed by atoms with Crippen molar-refractivity contribution in [3.8, 4) is 0 Å². The van der Waals surface area contributed by atoms with Crippen molar-refractivity contribution in [1.29, 1.82) is 0 Å². The molecule has 0 aliphatic heterocycles. The molecule has 2 N–H and O–H groups in total. The number of hydrogen-bond acceptors (Lipinski definition) is 2. The SMILES string of the molecule is CCNC(=NCCn1cc(C)cn1)NC(C)CCCC(C)C. The fourth-order valence-corrected chi connectivity index (χ4v) is 2.31. The zero-order valence-corrected chi connectivity index (χ0v) is 14.9. The highest BCUT2D eigenvalue weighted by molar-refractivity contribution is 5.79. The van der Waals surface area contributed by atoms with Crippen molar-refractivity contribution in [2.75, 3.05) is 13.1 Å². The molecule has 5 heteroatoms. The van der Waals surface area contributed by atoms with Crippen molar-refractivity contribution in [2.45, 2.75) is 66.5 Å². The van der Waals surface area contributed by atoms with E-state index in [0.717, 1.165) is 31.5 Å². The molecule has 22 heavy (non-hydrogen) atoms. The molecule has 1 unspecified atom stereocenters. The summed E-state index contributed by atoms with van der Waals surface area (Å²) in [6.45, 7) is 13.4. The minimum Gasteiger partial charge on any atom is -0.357 e. The minimum atomic E-state index is 0.448. The summed E-state index contributed by atoms with van der Waals surface area (Å²) in [6.07, 6.45) is 7.66. The number of hydrogen-bond donors (Lipinski definition) is 2. The summed E-state index contributed by atoms with van der Waals surface area (Å²) in [5.74, 6) is 1.69. The monoisotopic (exact) mass is 307 g/mol. The summed E-state index contributed by atoms with van der Waals surface area (Å²) in [7, 11) is 0. The molecule has 1 atom stereocenters. The Hall–Kier alpha value is -1.52. The Morgan fingerprint density at radius 1 is 1.32 bits per heavy atom. The fourth-order valence-electron chi connectivity index (χ4n) is 2.31. The van der Waals surface area contributed by atoms with Gasteiger partial charge in [-0.2, -0.15) is 5.10 Å². The summed E-state index contributed by atoms with van der Waals surface area (Å²) >= 11 is 0. The van der Waals surface area contributed by atoms with Crippen molar-refractivity contribution in [3.63, 3.8) is 0 Å². The second-order valence-electron chi connectivity index (χ2n) is 6.41. The molecule has 0 saturated heterocycles. The maximum atomic E-state index is 4.63. The highest BCUT2D eigenvalue weighted by Crippen LogP contribution is 2.08. The van der Waals surface area contributed by atoms with Gasteiger partial charge >= 0.3 is 0 Å². The zero-order chi connectivity index (χ0) is 16.4. The van der Waals surface area contributed by atoms with Crippen molar-refractivity contribution in [3.05, 3.63) is 18.0 Å². The van der Waals surface area contributed by atoms with Crippen LogP contribution < -0.4 is 10.6 Å².